The zero-order valence-electron chi connectivity index (χ0n) is 13.3. The van der Waals surface area contributed by atoms with Crippen LogP contribution < -0.4 is 4.74 Å². The van der Waals surface area contributed by atoms with Crippen LogP contribution in [-0.4, -0.2) is 64.4 Å². The lowest BCUT2D eigenvalue weighted by Gasteiger charge is -2.34. The number of hydrogen-bond donors (Lipinski definition) is 0. The Balaban J connectivity index is 1.47. The lowest BCUT2D eigenvalue weighted by Crippen LogP contribution is -2.51. The largest absolute Gasteiger partial charge is 0.467 e. The number of nitrogens with zero attached hydrogens (tertiary/aromatic N) is 4. The molecule has 1 saturated heterocycles. The molecule has 2 amide bonds. The zero-order chi connectivity index (χ0) is 16.9. The van der Waals surface area contributed by atoms with Crippen LogP contribution >= 0.6 is 0 Å². The van der Waals surface area contributed by atoms with Crippen LogP contribution in [0, 0.1) is 6.92 Å². The van der Waals surface area contributed by atoms with Crippen LogP contribution in [0.4, 0.5) is 0 Å². The molecular formula is C16H18N4O4. The van der Waals surface area contributed by atoms with E-state index in [2.05, 4.69) is 9.97 Å². The highest BCUT2D eigenvalue weighted by atomic mass is 16.5. The highest BCUT2D eigenvalue weighted by Gasteiger charge is 2.26. The third-order valence-electron chi connectivity index (χ3n) is 3.77. The lowest BCUT2D eigenvalue weighted by molar-refractivity contribution is -0.134. The smallest absolute Gasteiger partial charge is 0.289 e. The van der Waals surface area contributed by atoms with Gasteiger partial charge in [0.05, 0.1) is 6.26 Å². The molecule has 0 unspecified atom stereocenters. The molecule has 24 heavy (non-hydrogen) atoms. The van der Waals surface area contributed by atoms with E-state index in [0.717, 1.165) is 5.69 Å². The molecule has 0 saturated carbocycles. The quantitative estimate of drug-likeness (QED) is 0.821. The molecule has 1 aliphatic rings. The zero-order valence-corrected chi connectivity index (χ0v) is 13.3. The lowest BCUT2D eigenvalue weighted by atomic mass is 10.3. The molecule has 0 radical (unpaired) electrons. The number of rotatable bonds is 4. The number of piperazine rings is 1. The minimum atomic E-state index is -0.153. The maximum absolute atomic E-state index is 12.2. The van der Waals surface area contributed by atoms with Crippen LogP contribution in [0.1, 0.15) is 16.2 Å². The van der Waals surface area contributed by atoms with Gasteiger partial charge in [-0.25, -0.2) is 9.97 Å². The number of carbonyl (C=O) groups is 2. The van der Waals surface area contributed by atoms with Crippen LogP contribution in [0.5, 0.6) is 5.88 Å². The second-order valence-corrected chi connectivity index (χ2v) is 5.44. The minimum Gasteiger partial charge on any atom is -0.467 e. The molecule has 8 heteroatoms. The van der Waals surface area contributed by atoms with Crippen LogP contribution in [-0.2, 0) is 4.79 Å². The average molecular weight is 330 g/mol. The third kappa shape index (κ3) is 3.70. The van der Waals surface area contributed by atoms with E-state index in [4.69, 9.17) is 9.15 Å². The molecule has 126 valence electrons. The Morgan fingerprint density at radius 1 is 1.21 bits per heavy atom. The summed E-state index contributed by atoms with van der Waals surface area (Å²) in [7, 11) is 0. The number of carbonyl (C=O) groups excluding carboxylic acids is 2. The van der Waals surface area contributed by atoms with Crippen molar-refractivity contribution in [3.63, 3.8) is 0 Å². The molecule has 2 aromatic heterocycles. The summed E-state index contributed by atoms with van der Waals surface area (Å²) in [5, 5.41) is 0. The molecule has 0 atom stereocenters. The van der Waals surface area contributed by atoms with E-state index in [1.54, 1.807) is 28.0 Å². The van der Waals surface area contributed by atoms with Gasteiger partial charge in [0, 0.05) is 37.9 Å². The molecule has 0 spiro atoms. The van der Waals surface area contributed by atoms with E-state index in [0.29, 0.717) is 37.8 Å². The van der Waals surface area contributed by atoms with Crippen LogP contribution in [0.15, 0.2) is 35.2 Å². The first-order valence-corrected chi connectivity index (χ1v) is 7.65. The Morgan fingerprint density at radius 2 is 1.96 bits per heavy atom. The number of amides is 2. The van der Waals surface area contributed by atoms with Crippen molar-refractivity contribution in [2.75, 3.05) is 32.8 Å². The topological polar surface area (TPSA) is 88.8 Å². The summed E-state index contributed by atoms with van der Waals surface area (Å²) in [6, 6.07) is 4.99. The molecule has 3 rings (SSSR count). The standard InChI is InChI=1S/C16H18N4O4/c1-12-9-14(18-11-17-12)24-10-15(21)19-4-6-20(7-5-19)16(22)13-3-2-8-23-13/h2-3,8-9,11H,4-7,10H2,1H3. The van der Waals surface area contributed by atoms with Crippen LogP contribution in [0.2, 0.25) is 0 Å². The van der Waals surface area contributed by atoms with Crippen molar-refractivity contribution in [3.8, 4) is 5.88 Å². The second-order valence-electron chi connectivity index (χ2n) is 5.44. The van der Waals surface area contributed by atoms with Gasteiger partial charge in [-0.1, -0.05) is 0 Å². The summed E-state index contributed by atoms with van der Waals surface area (Å²) in [5.74, 6) is 0.413. The fraction of sp³-hybridized carbons (Fsp3) is 0.375. The maximum atomic E-state index is 12.2. The number of hydrogen-bond acceptors (Lipinski definition) is 6. The van der Waals surface area contributed by atoms with Crippen molar-refractivity contribution >= 4 is 11.8 Å². The second kappa shape index (κ2) is 7.12. The Morgan fingerprint density at radius 3 is 2.62 bits per heavy atom. The van der Waals surface area contributed by atoms with Crippen molar-refractivity contribution in [3.05, 3.63) is 42.2 Å². The normalized spacial score (nSPS) is 14.5. The molecule has 8 nitrogen and oxygen atoms in total. The first-order chi connectivity index (χ1) is 11.6. The van der Waals surface area contributed by atoms with Gasteiger partial charge >= 0.3 is 0 Å². The monoisotopic (exact) mass is 330 g/mol. The third-order valence-corrected chi connectivity index (χ3v) is 3.77. The summed E-state index contributed by atoms with van der Waals surface area (Å²) in [5.41, 5.74) is 0.775. The van der Waals surface area contributed by atoms with E-state index in [-0.39, 0.29) is 18.4 Å². The van der Waals surface area contributed by atoms with Crippen molar-refractivity contribution in [2.24, 2.45) is 0 Å². The Kier molecular flexibility index (Phi) is 4.74. The van der Waals surface area contributed by atoms with Crippen LogP contribution in [0.3, 0.4) is 0 Å². The molecule has 0 bridgehead atoms. The van der Waals surface area contributed by atoms with Gasteiger partial charge in [0.2, 0.25) is 5.88 Å². The van der Waals surface area contributed by atoms with Gasteiger partial charge in [-0.05, 0) is 19.1 Å². The summed E-state index contributed by atoms with van der Waals surface area (Å²) in [6.07, 6.45) is 2.87. The van der Waals surface area contributed by atoms with Gasteiger partial charge in [-0.3, -0.25) is 9.59 Å². The highest BCUT2D eigenvalue weighted by Crippen LogP contribution is 2.10. The van der Waals surface area contributed by atoms with Crippen LogP contribution in [0.25, 0.3) is 0 Å². The van der Waals surface area contributed by atoms with Gasteiger partial charge in [-0.2, -0.15) is 0 Å². The van der Waals surface area contributed by atoms with E-state index in [1.807, 2.05) is 6.92 Å². The predicted octanol–water partition coefficient (Wildman–Crippen LogP) is 0.741. The number of aromatic nitrogens is 2. The van der Waals surface area contributed by atoms with E-state index < -0.39 is 0 Å². The highest BCUT2D eigenvalue weighted by molar-refractivity contribution is 5.91. The van der Waals surface area contributed by atoms with Gasteiger partial charge in [-0.15, -0.1) is 0 Å². The first kappa shape index (κ1) is 16.0. The van der Waals surface area contributed by atoms with Gasteiger partial charge in [0.15, 0.2) is 12.4 Å². The van der Waals surface area contributed by atoms with Crippen molar-refractivity contribution in [2.45, 2.75) is 6.92 Å². The maximum Gasteiger partial charge on any atom is 0.289 e. The number of ether oxygens (including phenoxy) is 1. The molecule has 1 aliphatic heterocycles. The summed E-state index contributed by atoms with van der Waals surface area (Å²) < 4.78 is 10.5. The molecular weight excluding hydrogens is 312 g/mol. The fourth-order valence-electron chi connectivity index (χ4n) is 2.45. The van der Waals surface area contributed by atoms with Gasteiger partial charge in [0.25, 0.3) is 11.8 Å². The van der Waals surface area contributed by atoms with Crippen molar-refractivity contribution in [1.82, 2.24) is 19.8 Å². The van der Waals surface area contributed by atoms with Gasteiger partial charge < -0.3 is 19.0 Å². The fourth-order valence-corrected chi connectivity index (χ4v) is 2.45. The summed E-state index contributed by atoms with van der Waals surface area (Å²) in [6.45, 7) is 3.62. The van der Waals surface area contributed by atoms with E-state index >= 15 is 0 Å². The molecule has 3 heterocycles. The van der Waals surface area contributed by atoms with Crippen molar-refractivity contribution < 1.29 is 18.7 Å². The molecule has 2 aromatic rings. The Labute approximate surface area is 139 Å². The summed E-state index contributed by atoms with van der Waals surface area (Å²) in [4.78, 5) is 35.6. The molecule has 0 aromatic carbocycles. The number of aryl methyl sites for hydroxylation is 1. The molecule has 1 fully saturated rings. The predicted molar refractivity (Wildman–Crippen MR) is 83.5 cm³/mol. The van der Waals surface area contributed by atoms with Gasteiger partial charge in [0.1, 0.15) is 6.33 Å². The average Bonchev–Trinajstić information content (AvgIpc) is 3.14. The van der Waals surface area contributed by atoms with Crippen molar-refractivity contribution in [1.29, 1.82) is 0 Å². The molecule has 0 aliphatic carbocycles. The SMILES string of the molecule is Cc1cc(OCC(=O)N2CCN(C(=O)c3ccco3)CC2)ncn1. The number of furan rings is 1. The Bertz CT molecular complexity index is 709. The Hall–Kier alpha value is -2.90. The first-order valence-electron chi connectivity index (χ1n) is 7.65. The van der Waals surface area contributed by atoms with E-state index in [9.17, 15) is 9.59 Å². The molecule has 0 N–H and O–H groups in total. The summed E-state index contributed by atoms with van der Waals surface area (Å²) >= 11 is 0. The van der Waals surface area contributed by atoms with E-state index in [1.165, 1.54) is 12.6 Å². The minimum absolute atomic E-state index is 0.0808.